The number of carbonyl (C=O) groups is 1. The van der Waals surface area contributed by atoms with E-state index in [0.29, 0.717) is 19.0 Å². The van der Waals surface area contributed by atoms with Crippen LogP contribution in [0.3, 0.4) is 0 Å². The first-order chi connectivity index (χ1) is 21.4. The Kier molecular flexibility index (Phi) is 11.9. The monoisotopic (exact) mass is 619 g/mol. The molecular formula is C35H49N5O3S. The molecule has 1 aromatic heterocycles. The molecule has 1 aliphatic heterocycles. The molecule has 1 saturated heterocycles. The van der Waals surface area contributed by atoms with E-state index in [1.54, 1.807) is 0 Å². The molecule has 1 aliphatic carbocycles. The Morgan fingerprint density at radius 2 is 1.89 bits per heavy atom. The number of ether oxygens (including phenoxy) is 1. The molecule has 2 N–H and O–H groups in total. The lowest BCUT2D eigenvalue weighted by atomic mass is 9.93. The van der Waals surface area contributed by atoms with Crippen LogP contribution in [0.15, 0.2) is 48.7 Å². The van der Waals surface area contributed by atoms with Crippen molar-refractivity contribution in [2.45, 2.75) is 102 Å². The third kappa shape index (κ3) is 9.89. The van der Waals surface area contributed by atoms with Crippen molar-refractivity contribution in [2.75, 3.05) is 25.9 Å². The number of rotatable bonds is 16. The molecule has 9 heteroatoms. The number of thioether (sulfide) groups is 1. The Labute approximate surface area is 266 Å². The summed E-state index contributed by atoms with van der Waals surface area (Å²) in [5.41, 5.74) is 7.51. The summed E-state index contributed by atoms with van der Waals surface area (Å²) in [6.07, 6.45) is 9.50. The van der Waals surface area contributed by atoms with Crippen molar-refractivity contribution in [3.05, 3.63) is 82.2 Å². The number of amides is 1. The molecule has 8 nitrogen and oxygen atoms in total. The highest BCUT2D eigenvalue weighted by Gasteiger charge is 2.30. The third-order valence-electron chi connectivity index (χ3n) is 8.67. The van der Waals surface area contributed by atoms with E-state index in [4.69, 9.17) is 4.74 Å². The number of hydrogen-bond donors (Lipinski definition) is 2. The zero-order valence-corrected chi connectivity index (χ0v) is 27.4. The fourth-order valence-corrected chi connectivity index (χ4v) is 6.74. The van der Waals surface area contributed by atoms with Crippen molar-refractivity contribution >= 4 is 17.7 Å². The Morgan fingerprint density at radius 3 is 2.66 bits per heavy atom. The topological polar surface area (TPSA) is 92.5 Å². The van der Waals surface area contributed by atoms with Crippen LogP contribution in [0.1, 0.15) is 85.0 Å². The lowest BCUT2D eigenvalue weighted by Crippen LogP contribution is -2.39. The largest absolute Gasteiger partial charge is 0.390 e. The van der Waals surface area contributed by atoms with E-state index < -0.39 is 6.10 Å². The second kappa shape index (κ2) is 16.0. The standard InChI is InChI=1S/C35H49N5O3S/c1-4-44-35-17-16-32(41)33(43-35)22-28-9-8-25(2)29(21-28)20-27-12-10-26(11-13-27)6-5-7-34(42)36-18-19-39(3)23-30-24-40(38-37-30)31-14-15-31/h8-13,21,24,31-33,35,41H,4-7,14-20,22-23H2,1-3H3,(H,36,42)/t32-,33+,35-/m1/s1. The normalized spacial score (nSPS) is 20.2. The second-order valence-corrected chi connectivity index (χ2v) is 14.0. The molecule has 1 amide bonds. The van der Waals surface area contributed by atoms with Gasteiger partial charge in [0, 0.05) is 32.5 Å². The van der Waals surface area contributed by atoms with Gasteiger partial charge in [-0.3, -0.25) is 9.69 Å². The van der Waals surface area contributed by atoms with Gasteiger partial charge >= 0.3 is 0 Å². The van der Waals surface area contributed by atoms with Gasteiger partial charge in [-0.15, -0.1) is 16.9 Å². The number of nitrogens with one attached hydrogen (secondary N) is 1. The van der Waals surface area contributed by atoms with E-state index in [9.17, 15) is 9.90 Å². The van der Waals surface area contributed by atoms with Gasteiger partial charge in [-0.1, -0.05) is 54.6 Å². The highest BCUT2D eigenvalue weighted by Crippen LogP contribution is 2.33. The van der Waals surface area contributed by atoms with Gasteiger partial charge < -0.3 is 15.2 Å². The minimum absolute atomic E-state index is 0.107. The summed E-state index contributed by atoms with van der Waals surface area (Å²) in [4.78, 5) is 14.6. The summed E-state index contributed by atoms with van der Waals surface area (Å²) >= 11 is 1.83. The number of benzene rings is 2. The van der Waals surface area contributed by atoms with Gasteiger partial charge in [0.25, 0.3) is 0 Å². The average Bonchev–Trinajstić information content (AvgIpc) is 3.76. The van der Waals surface area contributed by atoms with Crippen molar-refractivity contribution in [2.24, 2.45) is 0 Å². The van der Waals surface area contributed by atoms with Crippen LogP contribution in [-0.2, 0) is 35.3 Å². The Bertz CT molecular complexity index is 1340. The predicted octanol–water partition coefficient (Wildman–Crippen LogP) is 5.24. The smallest absolute Gasteiger partial charge is 0.220 e. The number of aliphatic hydroxyl groups excluding tert-OH is 1. The molecule has 1 saturated carbocycles. The van der Waals surface area contributed by atoms with Crippen LogP contribution in [0, 0.1) is 6.92 Å². The van der Waals surface area contributed by atoms with Crippen LogP contribution in [0.2, 0.25) is 0 Å². The molecule has 2 aliphatic rings. The van der Waals surface area contributed by atoms with Gasteiger partial charge in [0.2, 0.25) is 5.91 Å². The van der Waals surface area contributed by atoms with Crippen molar-refractivity contribution in [3.8, 4) is 0 Å². The van der Waals surface area contributed by atoms with E-state index in [1.165, 1.54) is 40.7 Å². The number of aromatic nitrogens is 3. The third-order valence-corrected chi connectivity index (χ3v) is 9.72. The second-order valence-electron chi connectivity index (χ2n) is 12.5. The van der Waals surface area contributed by atoms with Crippen LogP contribution < -0.4 is 5.32 Å². The van der Waals surface area contributed by atoms with E-state index >= 15 is 0 Å². The van der Waals surface area contributed by atoms with Crippen molar-refractivity contribution < 1.29 is 14.6 Å². The van der Waals surface area contributed by atoms with Gasteiger partial charge in [-0.05, 0) is 92.5 Å². The molecule has 44 heavy (non-hydrogen) atoms. The molecule has 0 spiro atoms. The lowest BCUT2D eigenvalue weighted by molar-refractivity contribution is -0.121. The first kappa shape index (κ1) is 32.7. The van der Waals surface area contributed by atoms with Crippen LogP contribution in [0.25, 0.3) is 0 Å². The van der Waals surface area contributed by atoms with Gasteiger partial charge in [-0.25, -0.2) is 4.68 Å². The molecular weight excluding hydrogens is 570 g/mol. The van der Waals surface area contributed by atoms with Crippen LogP contribution >= 0.6 is 11.8 Å². The minimum atomic E-state index is -0.398. The van der Waals surface area contributed by atoms with E-state index in [-0.39, 0.29) is 17.4 Å². The van der Waals surface area contributed by atoms with Gasteiger partial charge in [0.05, 0.1) is 30.1 Å². The fourth-order valence-electron chi connectivity index (χ4n) is 5.84. The average molecular weight is 620 g/mol. The summed E-state index contributed by atoms with van der Waals surface area (Å²) in [5, 5.41) is 22.1. The Hall–Kier alpha value is -2.72. The molecule has 2 heterocycles. The number of likely N-dealkylation sites (N-methyl/N-ethyl adjacent to an activating group) is 1. The predicted molar refractivity (Wildman–Crippen MR) is 177 cm³/mol. The number of aliphatic hydroxyl groups is 1. The molecule has 0 radical (unpaired) electrons. The SMILES string of the molecule is CCS[C@@H]1CC[C@@H](O)[C@H](Cc2ccc(C)c(Cc3ccc(CCCC(=O)NCCN(C)Cc4cn(C5CC5)nn4)cc3)c2)O1. The lowest BCUT2D eigenvalue weighted by Gasteiger charge is -2.33. The van der Waals surface area contributed by atoms with Crippen molar-refractivity contribution in [1.29, 1.82) is 0 Å². The number of nitrogens with zero attached hydrogens (tertiary/aromatic N) is 4. The maximum Gasteiger partial charge on any atom is 0.220 e. The maximum absolute atomic E-state index is 12.4. The zero-order valence-electron chi connectivity index (χ0n) is 26.6. The number of aryl methyl sites for hydroxylation is 2. The van der Waals surface area contributed by atoms with Crippen LogP contribution in [0.5, 0.6) is 0 Å². The Morgan fingerprint density at radius 1 is 1.11 bits per heavy atom. The summed E-state index contributed by atoms with van der Waals surface area (Å²) in [6.45, 7) is 6.47. The van der Waals surface area contributed by atoms with Crippen LogP contribution in [0.4, 0.5) is 0 Å². The first-order valence-corrected chi connectivity index (χ1v) is 17.4. The quantitative estimate of drug-likeness (QED) is 0.227. The number of hydrogen-bond acceptors (Lipinski definition) is 7. The van der Waals surface area contributed by atoms with Crippen LogP contribution in [-0.4, -0.2) is 74.4 Å². The fraction of sp³-hybridized carbons (Fsp3) is 0.571. The zero-order chi connectivity index (χ0) is 30.9. The van der Waals surface area contributed by atoms with E-state index in [1.807, 2.05) is 29.7 Å². The highest BCUT2D eigenvalue weighted by molar-refractivity contribution is 7.99. The molecule has 2 aromatic carbocycles. The summed E-state index contributed by atoms with van der Waals surface area (Å²) in [6, 6.07) is 16.0. The van der Waals surface area contributed by atoms with E-state index in [0.717, 1.165) is 63.1 Å². The maximum atomic E-state index is 12.4. The molecule has 0 bridgehead atoms. The molecule has 2 fully saturated rings. The van der Waals surface area contributed by atoms with Gasteiger partial charge in [0.15, 0.2) is 0 Å². The van der Waals surface area contributed by atoms with E-state index in [2.05, 4.69) is 76.8 Å². The highest BCUT2D eigenvalue weighted by atomic mass is 32.2. The molecule has 3 atom stereocenters. The molecule has 5 rings (SSSR count). The molecule has 0 unspecified atom stereocenters. The van der Waals surface area contributed by atoms with Crippen molar-refractivity contribution in [3.63, 3.8) is 0 Å². The molecule has 238 valence electrons. The summed E-state index contributed by atoms with van der Waals surface area (Å²) < 4.78 is 8.20. The minimum Gasteiger partial charge on any atom is -0.390 e. The molecule has 3 aromatic rings. The van der Waals surface area contributed by atoms with Crippen molar-refractivity contribution in [1.82, 2.24) is 25.2 Å². The Balaban J connectivity index is 1.01. The summed E-state index contributed by atoms with van der Waals surface area (Å²) in [7, 11) is 2.05. The summed E-state index contributed by atoms with van der Waals surface area (Å²) in [5.74, 6) is 1.14. The first-order valence-electron chi connectivity index (χ1n) is 16.3. The number of carbonyl (C=O) groups excluding carboxylic acids is 1. The van der Waals surface area contributed by atoms with Gasteiger partial charge in [0.1, 0.15) is 5.44 Å². The van der Waals surface area contributed by atoms with Gasteiger partial charge in [-0.2, -0.15) is 0 Å².